The molecule has 0 aliphatic carbocycles. The molecular formula is C23H30N2O6. The molecule has 0 radical (unpaired) electrons. The smallest absolute Gasteiger partial charge is 0.320 e. The van der Waals surface area contributed by atoms with Crippen molar-refractivity contribution in [2.45, 2.75) is 32.4 Å². The number of carbonyl (C=O) groups excluding carboxylic acids is 1. The molecular weight excluding hydrogens is 400 g/mol. The van der Waals surface area contributed by atoms with Gasteiger partial charge in [-0.25, -0.2) is 0 Å². The van der Waals surface area contributed by atoms with E-state index in [1.54, 1.807) is 47.4 Å². The zero-order valence-electron chi connectivity index (χ0n) is 17.7. The van der Waals surface area contributed by atoms with Gasteiger partial charge < -0.3 is 25.4 Å². The highest BCUT2D eigenvalue weighted by Crippen LogP contribution is 2.20. The Kier molecular flexibility index (Phi) is 9.80. The minimum absolute atomic E-state index is 0.00519. The third kappa shape index (κ3) is 8.65. The van der Waals surface area contributed by atoms with Gasteiger partial charge >= 0.3 is 11.9 Å². The number of carboxylic acid groups (broad SMARTS) is 1. The van der Waals surface area contributed by atoms with Crippen LogP contribution in [-0.2, 0) is 27.3 Å². The van der Waals surface area contributed by atoms with Crippen LogP contribution in [0.5, 0.6) is 11.5 Å². The van der Waals surface area contributed by atoms with Gasteiger partial charge in [-0.15, -0.1) is 0 Å². The number of carboxylic acids is 1. The third-order valence-corrected chi connectivity index (χ3v) is 4.81. The molecule has 0 saturated carbocycles. The Hall–Kier alpha value is -3.10. The van der Waals surface area contributed by atoms with Gasteiger partial charge in [-0.05, 0) is 24.1 Å². The van der Waals surface area contributed by atoms with Crippen molar-refractivity contribution < 1.29 is 29.6 Å². The fraction of sp³-hybridized carbons (Fsp3) is 0.391. The Balaban J connectivity index is 1.78. The zero-order valence-corrected chi connectivity index (χ0v) is 17.7. The van der Waals surface area contributed by atoms with Crippen LogP contribution in [0, 0.1) is 0 Å². The topological polar surface area (TPSA) is 119 Å². The fourth-order valence-electron chi connectivity index (χ4n) is 3.14. The first-order valence-corrected chi connectivity index (χ1v) is 10.3. The number of nitrogens with zero attached hydrogens (tertiary/aromatic N) is 1. The number of hydrogen-bond donors (Lipinski definition) is 4. The maximum Gasteiger partial charge on any atom is 0.320 e. The predicted molar refractivity (Wildman–Crippen MR) is 116 cm³/mol. The molecule has 31 heavy (non-hydrogen) atoms. The molecule has 8 nitrogen and oxygen atoms in total. The number of para-hydroxylation sites is 2. The monoisotopic (exact) mass is 430 g/mol. The van der Waals surface area contributed by atoms with E-state index in [1.807, 2.05) is 13.0 Å². The first kappa shape index (κ1) is 24.2. The number of ether oxygens (including phenoxy) is 1. The third-order valence-electron chi connectivity index (χ3n) is 4.81. The number of nitrogens with one attached hydrogen (secondary N) is 1. The molecule has 0 aromatic heterocycles. The van der Waals surface area contributed by atoms with Crippen LogP contribution >= 0.6 is 0 Å². The molecule has 2 aromatic rings. The Bertz CT molecular complexity index is 857. The number of aliphatic carboxylic acids is 1. The van der Waals surface area contributed by atoms with Crippen LogP contribution in [-0.4, -0.2) is 64.4 Å². The van der Waals surface area contributed by atoms with Crippen molar-refractivity contribution in [1.82, 2.24) is 10.2 Å². The summed E-state index contributed by atoms with van der Waals surface area (Å²) in [4.78, 5) is 25.0. The molecule has 0 bridgehead atoms. The molecule has 0 fully saturated rings. The second-order valence-corrected chi connectivity index (χ2v) is 7.26. The van der Waals surface area contributed by atoms with E-state index in [0.717, 1.165) is 5.56 Å². The van der Waals surface area contributed by atoms with Crippen molar-refractivity contribution in [3.8, 4) is 11.5 Å². The van der Waals surface area contributed by atoms with E-state index in [1.165, 1.54) is 0 Å². The average molecular weight is 431 g/mol. The molecule has 168 valence electrons. The summed E-state index contributed by atoms with van der Waals surface area (Å²) < 4.78 is 5.49. The van der Waals surface area contributed by atoms with Crippen molar-refractivity contribution in [3.63, 3.8) is 0 Å². The van der Waals surface area contributed by atoms with E-state index in [0.29, 0.717) is 31.5 Å². The molecule has 0 amide bonds. The van der Waals surface area contributed by atoms with E-state index < -0.39 is 11.9 Å². The molecule has 0 heterocycles. The lowest BCUT2D eigenvalue weighted by atomic mass is 10.1. The van der Waals surface area contributed by atoms with Crippen LogP contribution < -0.4 is 5.32 Å². The van der Waals surface area contributed by atoms with Gasteiger partial charge in [-0.3, -0.25) is 14.5 Å². The number of rotatable bonds is 13. The lowest BCUT2D eigenvalue weighted by molar-refractivity contribution is -0.148. The molecule has 0 aliphatic heterocycles. The SMILES string of the molecule is CCC(Cc1ccccc1O)OC(=O)CNCCN(CC(=O)O)Cc1ccccc1O. The molecule has 2 rings (SSSR count). The van der Waals surface area contributed by atoms with Crippen molar-refractivity contribution in [1.29, 1.82) is 0 Å². The lowest BCUT2D eigenvalue weighted by Crippen LogP contribution is -2.37. The second-order valence-electron chi connectivity index (χ2n) is 7.26. The van der Waals surface area contributed by atoms with Gasteiger partial charge in [0.2, 0.25) is 0 Å². The quantitative estimate of drug-likeness (QED) is 0.282. The number of esters is 1. The maximum absolute atomic E-state index is 12.2. The van der Waals surface area contributed by atoms with E-state index in [4.69, 9.17) is 9.84 Å². The first-order valence-electron chi connectivity index (χ1n) is 10.3. The Morgan fingerprint density at radius 3 is 2.23 bits per heavy atom. The standard InChI is InChI=1S/C23H30N2O6/c1-2-19(13-17-7-3-5-9-20(17)26)31-23(30)14-24-11-12-25(16-22(28)29)15-18-8-4-6-10-21(18)27/h3-10,19,24,26-27H,2,11-16H2,1H3,(H,28,29). The largest absolute Gasteiger partial charge is 0.508 e. The zero-order chi connectivity index (χ0) is 22.6. The number of hydrogen-bond acceptors (Lipinski definition) is 7. The van der Waals surface area contributed by atoms with E-state index in [2.05, 4.69) is 5.32 Å². The number of phenols is 2. The number of carbonyl (C=O) groups is 2. The first-order chi connectivity index (χ1) is 14.9. The second kappa shape index (κ2) is 12.6. The van der Waals surface area contributed by atoms with Crippen LogP contribution in [0.1, 0.15) is 24.5 Å². The van der Waals surface area contributed by atoms with Gasteiger partial charge in [0.25, 0.3) is 0 Å². The summed E-state index contributed by atoms with van der Waals surface area (Å²) in [5.41, 5.74) is 1.36. The highest BCUT2D eigenvalue weighted by Gasteiger charge is 2.16. The molecule has 8 heteroatoms. The van der Waals surface area contributed by atoms with Gasteiger partial charge in [-0.1, -0.05) is 43.3 Å². The summed E-state index contributed by atoms with van der Waals surface area (Å²) in [6, 6.07) is 13.7. The summed E-state index contributed by atoms with van der Waals surface area (Å²) in [6.45, 7) is 2.76. The number of aromatic hydroxyl groups is 2. The summed E-state index contributed by atoms with van der Waals surface area (Å²) in [5.74, 6) is -1.08. The van der Waals surface area contributed by atoms with E-state index in [-0.39, 0.29) is 37.2 Å². The fourth-order valence-corrected chi connectivity index (χ4v) is 3.14. The minimum atomic E-state index is -0.968. The normalized spacial score (nSPS) is 11.9. The Morgan fingerprint density at radius 1 is 1.03 bits per heavy atom. The van der Waals surface area contributed by atoms with Crippen LogP contribution in [0.25, 0.3) is 0 Å². The van der Waals surface area contributed by atoms with Gasteiger partial charge in [0, 0.05) is 31.6 Å². The Labute approximate surface area is 182 Å². The van der Waals surface area contributed by atoms with Crippen LogP contribution in [0.3, 0.4) is 0 Å². The highest BCUT2D eigenvalue weighted by atomic mass is 16.5. The van der Waals surface area contributed by atoms with Crippen molar-refractivity contribution in [3.05, 3.63) is 59.7 Å². The molecule has 4 N–H and O–H groups in total. The summed E-state index contributed by atoms with van der Waals surface area (Å²) in [6.07, 6.45) is 0.710. The van der Waals surface area contributed by atoms with Crippen LogP contribution in [0.2, 0.25) is 0 Å². The molecule has 1 unspecified atom stereocenters. The molecule has 0 saturated heterocycles. The van der Waals surface area contributed by atoms with Crippen molar-refractivity contribution in [2.24, 2.45) is 0 Å². The minimum Gasteiger partial charge on any atom is -0.508 e. The predicted octanol–water partition coefficient (Wildman–Crippen LogP) is 2.14. The van der Waals surface area contributed by atoms with Crippen LogP contribution in [0.15, 0.2) is 48.5 Å². The van der Waals surface area contributed by atoms with Crippen molar-refractivity contribution in [2.75, 3.05) is 26.2 Å². The van der Waals surface area contributed by atoms with Crippen molar-refractivity contribution >= 4 is 11.9 Å². The summed E-state index contributed by atoms with van der Waals surface area (Å²) in [5, 5.41) is 31.9. The molecule has 0 aliphatic rings. The summed E-state index contributed by atoms with van der Waals surface area (Å²) in [7, 11) is 0. The maximum atomic E-state index is 12.2. The van der Waals surface area contributed by atoms with Gasteiger partial charge in [0.05, 0.1) is 13.1 Å². The van der Waals surface area contributed by atoms with Gasteiger partial charge in [0.15, 0.2) is 0 Å². The summed E-state index contributed by atoms with van der Waals surface area (Å²) >= 11 is 0. The van der Waals surface area contributed by atoms with Crippen LogP contribution in [0.4, 0.5) is 0 Å². The van der Waals surface area contributed by atoms with E-state index >= 15 is 0 Å². The lowest BCUT2D eigenvalue weighted by Gasteiger charge is -2.21. The van der Waals surface area contributed by atoms with Gasteiger partial charge in [0.1, 0.15) is 17.6 Å². The van der Waals surface area contributed by atoms with Gasteiger partial charge in [-0.2, -0.15) is 0 Å². The average Bonchev–Trinajstić information content (AvgIpc) is 2.73. The highest BCUT2D eigenvalue weighted by molar-refractivity contribution is 5.72. The Morgan fingerprint density at radius 2 is 1.65 bits per heavy atom. The molecule has 0 spiro atoms. The number of phenolic OH excluding ortho intramolecular Hbond substituents is 2. The molecule has 1 atom stereocenters. The van der Waals surface area contributed by atoms with E-state index in [9.17, 15) is 19.8 Å². The number of benzene rings is 2. The molecule has 2 aromatic carbocycles.